The quantitative estimate of drug-likeness (QED) is 0.836. The van der Waals surface area contributed by atoms with Gasteiger partial charge in [0.25, 0.3) is 0 Å². The predicted octanol–water partition coefficient (Wildman–Crippen LogP) is 1.87. The molecule has 1 amide bonds. The minimum atomic E-state index is 0.319. The van der Waals surface area contributed by atoms with Gasteiger partial charge in [-0.1, -0.05) is 12.8 Å². The summed E-state index contributed by atoms with van der Waals surface area (Å²) < 4.78 is 0. The molecular formula is C17H24N4O. The van der Waals surface area contributed by atoms with Gasteiger partial charge < -0.3 is 9.80 Å². The number of aryl methyl sites for hydroxylation is 1. The summed E-state index contributed by atoms with van der Waals surface area (Å²) in [5.41, 5.74) is 1.14. The fraction of sp³-hybridized carbons (Fsp3) is 0.706. The number of aromatic nitrogens is 2. The van der Waals surface area contributed by atoms with Crippen LogP contribution in [-0.4, -0.2) is 47.0 Å². The van der Waals surface area contributed by atoms with E-state index in [0.29, 0.717) is 23.7 Å². The Kier molecular flexibility index (Phi) is 3.51. The molecule has 118 valence electrons. The molecule has 2 atom stereocenters. The van der Waals surface area contributed by atoms with Crippen molar-refractivity contribution in [2.75, 3.05) is 31.1 Å². The molecule has 22 heavy (non-hydrogen) atoms. The van der Waals surface area contributed by atoms with Gasteiger partial charge >= 0.3 is 0 Å². The molecule has 1 saturated carbocycles. The number of hydrogen-bond donors (Lipinski definition) is 0. The first kappa shape index (κ1) is 14.0. The van der Waals surface area contributed by atoms with E-state index in [4.69, 9.17) is 0 Å². The highest BCUT2D eigenvalue weighted by atomic mass is 16.2. The summed E-state index contributed by atoms with van der Waals surface area (Å²) in [7, 11) is 0. The lowest BCUT2D eigenvalue weighted by atomic mass is 10.0. The zero-order valence-electron chi connectivity index (χ0n) is 13.2. The zero-order valence-corrected chi connectivity index (χ0v) is 13.2. The molecule has 1 aromatic heterocycles. The molecule has 4 rings (SSSR count). The van der Waals surface area contributed by atoms with E-state index in [1.165, 1.54) is 12.8 Å². The molecule has 2 aliphatic heterocycles. The number of fused-ring (bicyclic) bond motifs is 1. The summed E-state index contributed by atoms with van der Waals surface area (Å²) in [4.78, 5) is 25.6. The van der Waals surface area contributed by atoms with Gasteiger partial charge in [-0.25, -0.2) is 9.97 Å². The SMILES string of the molecule is Cc1cncnc1N1CC2CN(C(=O)C3CCCC3)CC2C1. The third-order valence-corrected chi connectivity index (χ3v) is 5.67. The number of likely N-dealkylation sites (tertiary alicyclic amines) is 1. The largest absolute Gasteiger partial charge is 0.356 e. The van der Waals surface area contributed by atoms with Crippen LogP contribution in [-0.2, 0) is 4.79 Å². The third kappa shape index (κ3) is 2.36. The number of nitrogens with zero attached hydrogens (tertiary/aromatic N) is 4. The van der Waals surface area contributed by atoms with Gasteiger partial charge in [0.1, 0.15) is 12.1 Å². The fourth-order valence-electron chi connectivity index (χ4n) is 4.50. The van der Waals surface area contributed by atoms with Crippen LogP contribution in [0.25, 0.3) is 0 Å². The Hall–Kier alpha value is -1.65. The third-order valence-electron chi connectivity index (χ3n) is 5.67. The Morgan fingerprint density at radius 3 is 2.45 bits per heavy atom. The minimum Gasteiger partial charge on any atom is -0.356 e. The van der Waals surface area contributed by atoms with Crippen molar-refractivity contribution in [3.8, 4) is 0 Å². The molecular weight excluding hydrogens is 276 g/mol. The Labute approximate surface area is 131 Å². The average Bonchev–Trinajstić information content (AvgIpc) is 3.22. The molecule has 0 bridgehead atoms. The molecule has 1 aliphatic carbocycles. The van der Waals surface area contributed by atoms with E-state index >= 15 is 0 Å². The molecule has 0 spiro atoms. The van der Waals surface area contributed by atoms with Crippen molar-refractivity contribution in [3.05, 3.63) is 18.1 Å². The fourth-order valence-corrected chi connectivity index (χ4v) is 4.50. The van der Waals surface area contributed by atoms with Crippen molar-refractivity contribution >= 4 is 11.7 Å². The standard InChI is InChI=1S/C17H24N4O/c1-12-6-18-11-19-16(12)20-7-14-9-21(10-15(14)8-20)17(22)13-4-2-3-5-13/h6,11,13-15H,2-5,7-10H2,1H3. The van der Waals surface area contributed by atoms with Gasteiger partial charge in [-0.15, -0.1) is 0 Å². The minimum absolute atomic E-state index is 0.319. The van der Waals surface area contributed by atoms with Crippen LogP contribution in [0.2, 0.25) is 0 Å². The zero-order chi connectivity index (χ0) is 15.1. The van der Waals surface area contributed by atoms with Gasteiger partial charge in [0.05, 0.1) is 0 Å². The average molecular weight is 300 g/mol. The van der Waals surface area contributed by atoms with Crippen LogP contribution in [0.5, 0.6) is 0 Å². The van der Waals surface area contributed by atoms with E-state index in [2.05, 4.69) is 26.7 Å². The first-order valence-corrected chi connectivity index (χ1v) is 8.52. The van der Waals surface area contributed by atoms with Gasteiger partial charge in [0.15, 0.2) is 0 Å². The summed E-state index contributed by atoms with van der Waals surface area (Å²) in [6.45, 7) is 6.01. The van der Waals surface area contributed by atoms with Crippen LogP contribution < -0.4 is 4.90 Å². The van der Waals surface area contributed by atoms with Gasteiger partial charge in [0, 0.05) is 55.7 Å². The molecule has 3 heterocycles. The second-order valence-corrected chi connectivity index (χ2v) is 7.18. The van der Waals surface area contributed by atoms with E-state index in [9.17, 15) is 4.79 Å². The van der Waals surface area contributed by atoms with Crippen molar-refractivity contribution in [1.29, 1.82) is 0 Å². The van der Waals surface area contributed by atoms with Crippen molar-refractivity contribution in [1.82, 2.24) is 14.9 Å². The van der Waals surface area contributed by atoms with E-state index in [1.54, 1.807) is 6.33 Å². The second kappa shape index (κ2) is 5.52. The highest BCUT2D eigenvalue weighted by Gasteiger charge is 2.43. The van der Waals surface area contributed by atoms with Gasteiger partial charge in [0.2, 0.25) is 5.91 Å². The molecule has 0 aromatic carbocycles. The Morgan fingerprint density at radius 1 is 1.14 bits per heavy atom. The maximum absolute atomic E-state index is 12.6. The van der Waals surface area contributed by atoms with Crippen molar-refractivity contribution < 1.29 is 4.79 Å². The summed E-state index contributed by atoms with van der Waals surface area (Å²) in [6, 6.07) is 0. The maximum Gasteiger partial charge on any atom is 0.225 e. The highest BCUT2D eigenvalue weighted by molar-refractivity contribution is 5.79. The van der Waals surface area contributed by atoms with E-state index in [-0.39, 0.29) is 0 Å². The second-order valence-electron chi connectivity index (χ2n) is 7.18. The van der Waals surface area contributed by atoms with Gasteiger partial charge in [-0.2, -0.15) is 0 Å². The first-order chi connectivity index (χ1) is 10.7. The molecule has 3 aliphatic rings. The topological polar surface area (TPSA) is 49.3 Å². The van der Waals surface area contributed by atoms with E-state index in [1.807, 2.05) is 6.20 Å². The number of carbonyl (C=O) groups excluding carboxylic acids is 1. The summed E-state index contributed by atoms with van der Waals surface area (Å²) in [5, 5.41) is 0. The number of amides is 1. The molecule has 5 heteroatoms. The first-order valence-electron chi connectivity index (χ1n) is 8.52. The lowest BCUT2D eigenvalue weighted by Gasteiger charge is -2.25. The molecule has 2 saturated heterocycles. The Bertz CT molecular complexity index is 556. The maximum atomic E-state index is 12.6. The van der Waals surface area contributed by atoms with Crippen LogP contribution in [0.3, 0.4) is 0 Å². The Morgan fingerprint density at radius 2 is 1.82 bits per heavy atom. The van der Waals surface area contributed by atoms with Crippen molar-refractivity contribution in [3.63, 3.8) is 0 Å². The van der Waals surface area contributed by atoms with Crippen molar-refractivity contribution in [2.24, 2.45) is 17.8 Å². The van der Waals surface area contributed by atoms with E-state index in [0.717, 1.165) is 50.4 Å². The summed E-state index contributed by atoms with van der Waals surface area (Å²) >= 11 is 0. The van der Waals surface area contributed by atoms with Gasteiger partial charge in [-0.05, 0) is 19.8 Å². The predicted molar refractivity (Wildman–Crippen MR) is 84.5 cm³/mol. The van der Waals surface area contributed by atoms with Crippen LogP contribution in [0.4, 0.5) is 5.82 Å². The lowest BCUT2D eigenvalue weighted by molar-refractivity contribution is -0.134. The summed E-state index contributed by atoms with van der Waals surface area (Å²) in [6.07, 6.45) is 8.20. The van der Waals surface area contributed by atoms with Crippen LogP contribution >= 0.6 is 0 Å². The van der Waals surface area contributed by atoms with Crippen LogP contribution in [0.15, 0.2) is 12.5 Å². The molecule has 3 fully saturated rings. The van der Waals surface area contributed by atoms with Crippen LogP contribution in [0, 0.1) is 24.7 Å². The summed E-state index contributed by atoms with van der Waals surface area (Å²) in [5.74, 6) is 3.04. The van der Waals surface area contributed by atoms with E-state index < -0.39 is 0 Å². The smallest absolute Gasteiger partial charge is 0.225 e. The number of rotatable bonds is 2. The highest BCUT2D eigenvalue weighted by Crippen LogP contribution is 2.36. The molecule has 1 aromatic rings. The Balaban J connectivity index is 1.40. The number of carbonyl (C=O) groups is 1. The lowest BCUT2D eigenvalue weighted by Crippen LogP contribution is -2.36. The number of anilines is 1. The molecule has 5 nitrogen and oxygen atoms in total. The number of hydrogen-bond acceptors (Lipinski definition) is 4. The van der Waals surface area contributed by atoms with Crippen LogP contribution in [0.1, 0.15) is 31.2 Å². The van der Waals surface area contributed by atoms with Crippen molar-refractivity contribution in [2.45, 2.75) is 32.6 Å². The molecule has 2 unspecified atom stereocenters. The normalized spacial score (nSPS) is 28.4. The monoisotopic (exact) mass is 300 g/mol. The van der Waals surface area contributed by atoms with Gasteiger partial charge in [-0.3, -0.25) is 4.79 Å². The molecule has 0 radical (unpaired) electrons. The molecule has 0 N–H and O–H groups in total.